The van der Waals surface area contributed by atoms with Crippen molar-refractivity contribution in [3.8, 4) is 0 Å². The molecule has 22 unspecified atom stereocenters. The molecule has 8 aliphatic rings. The minimum absolute atomic E-state index is 0. The fraction of sp³-hybridized carbons (Fsp3) is 0.958. The molecule has 10 nitrogen and oxygen atoms in total. The summed E-state index contributed by atoms with van der Waals surface area (Å²) in [7, 11) is 0. The Bertz CT molecular complexity index is 1390. The van der Waals surface area contributed by atoms with Crippen molar-refractivity contribution < 1.29 is 50.4 Å². The van der Waals surface area contributed by atoms with E-state index in [1.807, 2.05) is 0 Å². The number of carboxylic acids is 2. The van der Waals surface area contributed by atoms with Crippen LogP contribution >= 0.6 is 0 Å². The molecular formula is C48H78MgO10. The van der Waals surface area contributed by atoms with Crippen LogP contribution in [0.25, 0.3) is 0 Å². The second-order valence-corrected chi connectivity index (χ2v) is 22.8. The van der Waals surface area contributed by atoms with Crippen molar-refractivity contribution in [2.45, 2.75) is 194 Å². The second-order valence-electron chi connectivity index (χ2n) is 22.8. The minimum atomic E-state index is -0.998. The first-order valence-electron chi connectivity index (χ1n) is 23.7. The van der Waals surface area contributed by atoms with Gasteiger partial charge in [0.25, 0.3) is 0 Å². The Hall–Kier alpha value is -0.534. The largest absolute Gasteiger partial charge is 2.00 e. The molecule has 0 amide bonds. The standard InChI is InChI=1S/2C24H40O5.Mg/c2*1-13(4-7-21(28)29)16-5-6-17-22-18(12-20(27)24(16,17)3)23(2)9-8-15(25)10-14(23)11-19(22)26;/h2*13-20,22,25-27H,4-12H2,1-3H3,(H,28,29);/q;;+2/p-2. The van der Waals surface area contributed by atoms with Gasteiger partial charge in [0.15, 0.2) is 0 Å². The number of aliphatic carboxylic acids is 2. The molecule has 332 valence electrons. The van der Waals surface area contributed by atoms with Gasteiger partial charge < -0.3 is 50.4 Å². The third-order valence-corrected chi connectivity index (χ3v) is 20.6. The Labute approximate surface area is 370 Å². The molecule has 8 rings (SSSR count). The SMILES string of the molecule is CC(CCC(=O)[O-])C1CCC2C3C(O)CC4CC(O)CCC4(C)C3CC(O)C12C.CC(CCC(=O)[O-])C1CCC2C3C(O)CC4CC(O)CCC4(C)C3CC(O)C12C.[Mg+2]. The van der Waals surface area contributed by atoms with Crippen LogP contribution in [0.5, 0.6) is 0 Å². The van der Waals surface area contributed by atoms with Crippen LogP contribution < -0.4 is 10.2 Å². The van der Waals surface area contributed by atoms with Gasteiger partial charge in [0.1, 0.15) is 0 Å². The Morgan fingerprint density at radius 2 is 0.898 bits per heavy atom. The van der Waals surface area contributed by atoms with Gasteiger partial charge in [0.05, 0.1) is 36.6 Å². The van der Waals surface area contributed by atoms with Gasteiger partial charge in [-0.2, -0.15) is 0 Å². The fourth-order valence-corrected chi connectivity index (χ4v) is 17.4. The third-order valence-electron chi connectivity index (χ3n) is 20.6. The van der Waals surface area contributed by atoms with Gasteiger partial charge in [0.2, 0.25) is 0 Å². The smallest absolute Gasteiger partial charge is 0.550 e. The average molecular weight is 839 g/mol. The predicted molar refractivity (Wildman–Crippen MR) is 221 cm³/mol. The summed E-state index contributed by atoms with van der Waals surface area (Å²) in [5.41, 5.74) is -0.343. The van der Waals surface area contributed by atoms with Gasteiger partial charge in [0, 0.05) is 11.9 Å². The van der Waals surface area contributed by atoms with Crippen molar-refractivity contribution in [3.63, 3.8) is 0 Å². The quantitative estimate of drug-likeness (QED) is 0.195. The summed E-state index contributed by atoms with van der Waals surface area (Å²) in [5, 5.41) is 87.7. The number of carbonyl (C=O) groups is 2. The van der Waals surface area contributed by atoms with E-state index in [-0.39, 0.29) is 129 Å². The summed E-state index contributed by atoms with van der Waals surface area (Å²) in [6, 6.07) is 0. The maximum absolute atomic E-state index is 11.5. The van der Waals surface area contributed by atoms with Crippen molar-refractivity contribution in [1.82, 2.24) is 0 Å². The number of carboxylic acid groups (broad SMARTS) is 2. The molecule has 0 aromatic carbocycles. The van der Waals surface area contributed by atoms with Crippen LogP contribution in [-0.4, -0.2) is 102 Å². The molecule has 0 heterocycles. The first-order chi connectivity index (χ1) is 27.2. The Morgan fingerprint density at radius 3 is 1.24 bits per heavy atom. The molecule has 6 N–H and O–H groups in total. The zero-order chi connectivity index (χ0) is 42.3. The van der Waals surface area contributed by atoms with Crippen LogP contribution in [0.4, 0.5) is 0 Å². The van der Waals surface area contributed by atoms with Crippen LogP contribution in [0.1, 0.15) is 157 Å². The molecule has 0 aliphatic heterocycles. The molecule has 0 aromatic rings. The number of hydrogen-bond donors (Lipinski definition) is 6. The van der Waals surface area contributed by atoms with Crippen LogP contribution in [0.2, 0.25) is 0 Å². The monoisotopic (exact) mass is 839 g/mol. The number of fused-ring (bicyclic) bond motifs is 10. The van der Waals surface area contributed by atoms with E-state index in [9.17, 15) is 50.4 Å². The first kappa shape index (κ1) is 47.9. The second kappa shape index (κ2) is 17.8. The molecular weight excluding hydrogens is 761 g/mol. The molecule has 0 bridgehead atoms. The van der Waals surface area contributed by atoms with E-state index in [2.05, 4.69) is 41.5 Å². The summed E-state index contributed by atoms with van der Waals surface area (Å²) in [6.45, 7) is 13.3. The van der Waals surface area contributed by atoms with Gasteiger partial charge in [-0.3, -0.25) is 0 Å². The number of hydrogen-bond acceptors (Lipinski definition) is 10. The summed E-state index contributed by atoms with van der Waals surface area (Å²) in [4.78, 5) is 21.9. The maximum atomic E-state index is 11.5. The van der Waals surface area contributed by atoms with E-state index in [4.69, 9.17) is 0 Å². The molecule has 59 heavy (non-hydrogen) atoms. The topological polar surface area (TPSA) is 202 Å². The summed E-state index contributed by atoms with van der Waals surface area (Å²) >= 11 is 0. The summed E-state index contributed by atoms with van der Waals surface area (Å²) in [5.74, 6) is 1.27. The van der Waals surface area contributed by atoms with E-state index in [1.165, 1.54) is 0 Å². The molecule has 8 fully saturated rings. The van der Waals surface area contributed by atoms with Crippen LogP contribution in [0, 0.1) is 92.7 Å². The van der Waals surface area contributed by atoms with E-state index in [0.29, 0.717) is 36.5 Å². The van der Waals surface area contributed by atoms with Gasteiger partial charge in [-0.25, -0.2) is 0 Å². The van der Waals surface area contributed by atoms with Crippen LogP contribution in [-0.2, 0) is 9.59 Å². The molecule has 11 heteroatoms. The molecule has 0 spiro atoms. The number of rotatable bonds is 8. The van der Waals surface area contributed by atoms with Crippen molar-refractivity contribution in [1.29, 1.82) is 0 Å². The van der Waals surface area contributed by atoms with Crippen LogP contribution in [0.15, 0.2) is 0 Å². The van der Waals surface area contributed by atoms with E-state index in [1.54, 1.807) is 0 Å². The van der Waals surface area contributed by atoms with Crippen molar-refractivity contribution in [3.05, 3.63) is 0 Å². The Kier molecular flexibility index (Phi) is 14.5. The molecule has 0 radical (unpaired) electrons. The van der Waals surface area contributed by atoms with E-state index >= 15 is 0 Å². The Balaban J connectivity index is 0.000000195. The number of carbonyl (C=O) groups excluding carboxylic acids is 2. The van der Waals surface area contributed by atoms with Gasteiger partial charge in [-0.1, -0.05) is 41.5 Å². The van der Waals surface area contributed by atoms with Crippen molar-refractivity contribution >= 4 is 35.0 Å². The molecule has 22 atom stereocenters. The van der Waals surface area contributed by atoms with Crippen molar-refractivity contribution in [2.24, 2.45) is 92.7 Å². The molecule has 8 aliphatic carbocycles. The predicted octanol–water partition coefficient (Wildman–Crippen LogP) is 3.85. The minimum Gasteiger partial charge on any atom is -0.550 e. The molecule has 0 saturated heterocycles. The third kappa shape index (κ3) is 8.13. The zero-order valence-corrected chi connectivity index (χ0v) is 38.6. The van der Waals surface area contributed by atoms with Crippen molar-refractivity contribution in [2.75, 3.05) is 0 Å². The van der Waals surface area contributed by atoms with Gasteiger partial charge in [-0.15, -0.1) is 0 Å². The number of aliphatic hydroxyl groups is 6. The number of aliphatic hydroxyl groups excluding tert-OH is 6. The van der Waals surface area contributed by atoms with Gasteiger partial charge in [-0.05, 0) is 208 Å². The zero-order valence-electron chi connectivity index (χ0n) is 37.1. The summed E-state index contributed by atoms with van der Waals surface area (Å²) < 4.78 is 0. The first-order valence-corrected chi connectivity index (χ1v) is 23.7. The fourth-order valence-electron chi connectivity index (χ4n) is 17.4. The Morgan fingerprint density at radius 1 is 0.542 bits per heavy atom. The molecule has 0 aromatic heterocycles. The maximum Gasteiger partial charge on any atom is 2.00 e. The van der Waals surface area contributed by atoms with Gasteiger partial charge >= 0.3 is 23.1 Å². The summed E-state index contributed by atoms with van der Waals surface area (Å²) in [6.07, 6.45) is 11.4. The van der Waals surface area contributed by atoms with E-state index < -0.39 is 24.1 Å². The van der Waals surface area contributed by atoms with E-state index in [0.717, 1.165) is 89.9 Å². The normalized spacial score (nSPS) is 52.0. The average Bonchev–Trinajstić information content (AvgIpc) is 3.70. The van der Waals surface area contributed by atoms with Crippen LogP contribution in [0.3, 0.4) is 0 Å². The molecule has 8 saturated carbocycles.